The lowest BCUT2D eigenvalue weighted by atomic mass is 10.1. The van der Waals surface area contributed by atoms with Crippen molar-refractivity contribution in [1.82, 2.24) is 4.90 Å². The molecule has 0 unspecified atom stereocenters. The first kappa shape index (κ1) is 23.2. The molecule has 0 saturated carbocycles. The second-order valence-corrected chi connectivity index (χ2v) is 9.84. The molecule has 7 heteroatoms. The van der Waals surface area contributed by atoms with Gasteiger partial charge in [0.2, 0.25) is 0 Å². The molecule has 0 radical (unpaired) electrons. The molecule has 6 nitrogen and oxygen atoms in total. The number of hydrogen-bond donors (Lipinski definition) is 2. The minimum atomic E-state index is -0.166. The van der Waals surface area contributed by atoms with Crippen molar-refractivity contribution in [3.8, 4) is 5.75 Å². The minimum absolute atomic E-state index is 0.0189. The van der Waals surface area contributed by atoms with Crippen LogP contribution in [0.15, 0.2) is 82.6 Å². The molecule has 2 amide bonds. The molecule has 3 aromatic carbocycles. The maximum absolute atomic E-state index is 13.2. The average molecular weight is 487 g/mol. The monoisotopic (exact) mass is 486 g/mol. The standard InChI is InChI=1S/C28H27N3O3S/c1-34-23-10-7-20(8-11-23)17-26-27(32)29-24-18-22(9-12-25(24)35-26)28(33)31-15-13-30(14-16-31)19-21-5-3-2-4-6-21/h2-12,17-18H,13-16,19H2,1H3,(H,29,32)/p+1. The summed E-state index contributed by atoms with van der Waals surface area (Å²) < 4.78 is 5.19. The second kappa shape index (κ2) is 10.4. The molecule has 0 bridgehead atoms. The van der Waals surface area contributed by atoms with Crippen LogP contribution in [0.2, 0.25) is 0 Å². The highest BCUT2D eigenvalue weighted by molar-refractivity contribution is 8.04. The van der Waals surface area contributed by atoms with E-state index in [-0.39, 0.29) is 11.8 Å². The Kier molecular flexibility index (Phi) is 6.88. The van der Waals surface area contributed by atoms with Gasteiger partial charge in [-0.15, -0.1) is 0 Å². The number of fused-ring (bicyclic) bond motifs is 1. The van der Waals surface area contributed by atoms with Gasteiger partial charge in [-0.05, 0) is 42.0 Å². The Morgan fingerprint density at radius 2 is 1.80 bits per heavy atom. The Hall–Kier alpha value is -3.55. The van der Waals surface area contributed by atoms with E-state index in [2.05, 4.69) is 29.6 Å². The average Bonchev–Trinajstić information content (AvgIpc) is 2.90. The summed E-state index contributed by atoms with van der Waals surface area (Å²) in [6.07, 6.45) is 1.86. The third-order valence-electron chi connectivity index (χ3n) is 6.39. The Labute approximate surface area is 209 Å². The molecule has 3 aromatic rings. The maximum Gasteiger partial charge on any atom is 0.262 e. The summed E-state index contributed by atoms with van der Waals surface area (Å²) >= 11 is 1.42. The number of carbonyl (C=O) groups is 2. The van der Waals surface area contributed by atoms with Crippen LogP contribution < -0.4 is 15.0 Å². The largest absolute Gasteiger partial charge is 0.497 e. The zero-order valence-corrected chi connectivity index (χ0v) is 20.4. The van der Waals surface area contributed by atoms with Crippen molar-refractivity contribution in [3.05, 3.63) is 94.4 Å². The molecular formula is C28H28N3O3S+. The van der Waals surface area contributed by atoms with Crippen molar-refractivity contribution in [3.63, 3.8) is 0 Å². The number of methoxy groups -OCH3 is 1. The smallest absolute Gasteiger partial charge is 0.262 e. The van der Waals surface area contributed by atoms with E-state index < -0.39 is 0 Å². The van der Waals surface area contributed by atoms with Crippen LogP contribution in [0, 0.1) is 0 Å². The number of ether oxygens (including phenoxy) is 1. The molecule has 1 saturated heterocycles. The minimum Gasteiger partial charge on any atom is -0.497 e. The van der Waals surface area contributed by atoms with E-state index in [0.29, 0.717) is 16.2 Å². The van der Waals surface area contributed by atoms with Crippen molar-refractivity contribution >= 4 is 35.3 Å². The molecule has 1 fully saturated rings. The van der Waals surface area contributed by atoms with E-state index in [1.807, 2.05) is 53.4 Å². The van der Waals surface area contributed by atoms with E-state index >= 15 is 0 Å². The van der Waals surface area contributed by atoms with Crippen LogP contribution in [0.25, 0.3) is 6.08 Å². The zero-order valence-electron chi connectivity index (χ0n) is 19.6. The topological polar surface area (TPSA) is 63.1 Å². The quantitative estimate of drug-likeness (QED) is 0.543. The van der Waals surface area contributed by atoms with Crippen LogP contribution in [0.5, 0.6) is 5.75 Å². The first-order valence-corrected chi connectivity index (χ1v) is 12.6. The summed E-state index contributed by atoms with van der Waals surface area (Å²) in [6.45, 7) is 4.30. The molecule has 2 aliphatic rings. The third kappa shape index (κ3) is 5.42. The molecular weight excluding hydrogens is 458 g/mol. The fourth-order valence-electron chi connectivity index (χ4n) is 4.41. The molecule has 2 N–H and O–H groups in total. The SMILES string of the molecule is COc1ccc(C=C2Sc3ccc(C(=O)N4CC[NH+](Cc5ccccc5)CC4)cc3NC2=O)cc1. The van der Waals surface area contributed by atoms with E-state index in [0.717, 1.165) is 48.9 Å². The van der Waals surface area contributed by atoms with Crippen molar-refractivity contribution < 1.29 is 19.2 Å². The van der Waals surface area contributed by atoms with Crippen LogP contribution in [-0.2, 0) is 11.3 Å². The van der Waals surface area contributed by atoms with Gasteiger partial charge in [0.25, 0.3) is 11.8 Å². The maximum atomic E-state index is 13.2. The highest BCUT2D eigenvalue weighted by atomic mass is 32.2. The molecule has 0 aliphatic carbocycles. The predicted molar refractivity (Wildman–Crippen MR) is 139 cm³/mol. The first-order chi connectivity index (χ1) is 17.1. The first-order valence-electron chi connectivity index (χ1n) is 11.7. The van der Waals surface area contributed by atoms with E-state index in [4.69, 9.17) is 4.74 Å². The summed E-state index contributed by atoms with van der Waals surface area (Å²) in [7, 11) is 1.63. The molecule has 0 atom stereocenters. The number of carbonyl (C=O) groups excluding carboxylic acids is 2. The van der Waals surface area contributed by atoms with Crippen molar-refractivity contribution in [2.75, 3.05) is 38.6 Å². The molecule has 2 aliphatic heterocycles. The number of benzene rings is 3. The number of nitrogens with zero attached hydrogens (tertiary/aromatic N) is 1. The fraction of sp³-hybridized carbons (Fsp3) is 0.214. The van der Waals surface area contributed by atoms with Crippen LogP contribution in [-0.4, -0.2) is 50.0 Å². The number of amides is 2. The number of hydrogen-bond acceptors (Lipinski definition) is 4. The second-order valence-electron chi connectivity index (χ2n) is 8.75. The Morgan fingerprint density at radius 1 is 1.06 bits per heavy atom. The summed E-state index contributed by atoms with van der Waals surface area (Å²) in [5.74, 6) is 0.626. The van der Waals surface area contributed by atoms with Crippen LogP contribution in [0.3, 0.4) is 0 Å². The molecule has 2 heterocycles. The van der Waals surface area contributed by atoms with Gasteiger partial charge in [0.1, 0.15) is 12.3 Å². The van der Waals surface area contributed by atoms with Crippen molar-refractivity contribution in [2.24, 2.45) is 0 Å². The number of quaternary nitrogens is 1. The number of nitrogens with one attached hydrogen (secondary N) is 2. The molecule has 5 rings (SSSR count). The van der Waals surface area contributed by atoms with Crippen LogP contribution in [0.1, 0.15) is 21.5 Å². The normalized spacial score (nSPS) is 17.1. The number of rotatable bonds is 5. The van der Waals surface area contributed by atoms with Gasteiger partial charge in [0.05, 0.1) is 43.9 Å². The summed E-state index contributed by atoms with van der Waals surface area (Å²) in [6, 6.07) is 23.6. The van der Waals surface area contributed by atoms with Crippen molar-refractivity contribution in [2.45, 2.75) is 11.4 Å². The van der Waals surface area contributed by atoms with Crippen LogP contribution >= 0.6 is 11.8 Å². The van der Waals surface area contributed by atoms with Gasteiger partial charge in [-0.1, -0.05) is 54.2 Å². The highest BCUT2D eigenvalue weighted by Gasteiger charge is 2.27. The zero-order chi connectivity index (χ0) is 24.2. The number of thioether (sulfide) groups is 1. The summed E-state index contributed by atoms with van der Waals surface area (Å²) in [5.41, 5.74) is 3.54. The predicted octanol–water partition coefficient (Wildman–Crippen LogP) is 3.32. The van der Waals surface area contributed by atoms with E-state index in [1.165, 1.54) is 22.2 Å². The van der Waals surface area contributed by atoms with Gasteiger partial charge in [0, 0.05) is 16.0 Å². The number of anilines is 1. The Morgan fingerprint density at radius 3 is 2.51 bits per heavy atom. The van der Waals surface area contributed by atoms with Gasteiger partial charge in [-0.3, -0.25) is 9.59 Å². The lowest BCUT2D eigenvalue weighted by Gasteiger charge is -2.32. The summed E-state index contributed by atoms with van der Waals surface area (Å²) in [4.78, 5) is 30.8. The van der Waals surface area contributed by atoms with E-state index in [1.54, 1.807) is 13.2 Å². The number of piperazine rings is 1. The van der Waals surface area contributed by atoms with Gasteiger partial charge < -0.3 is 19.9 Å². The van der Waals surface area contributed by atoms with Crippen LogP contribution in [0.4, 0.5) is 5.69 Å². The van der Waals surface area contributed by atoms with E-state index in [9.17, 15) is 9.59 Å². The third-order valence-corrected chi connectivity index (χ3v) is 7.49. The lowest BCUT2D eigenvalue weighted by Crippen LogP contribution is -3.13. The highest BCUT2D eigenvalue weighted by Crippen LogP contribution is 2.39. The molecule has 178 valence electrons. The molecule has 35 heavy (non-hydrogen) atoms. The Balaban J connectivity index is 1.23. The lowest BCUT2D eigenvalue weighted by molar-refractivity contribution is -0.917. The van der Waals surface area contributed by atoms with Gasteiger partial charge in [0.15, 0.2) is 0 Å². The van der Waals surface area contributed by atoms with Gasteiger partial charge >= 0.3 is 0 Å². The van der Waals surface area contributed by atoms with Crippen molar-refractivity contribution in [1.29, 1.82) is 0 Å². The Bertz CT molecular complexity index is 1250. The molecule has 0 spiro atoms. The van der Waals surface area contributed by atoms with Gasteiger partial charge in [-0.2, -0.15) is 0 Å². The summed E-state index contributed by atoms with van der Waals surface area (Å²) in [5, 5.41) is 2.96. The van der Waals surface area contributed by atoms with Gasteiger partial charge in [-0.25, -0.2) is 0 Å². The fourth-order valence-corrected chi connectivity index (χ4v) is 5.35. The molecule has 0 aromatic heterocycles.